The van der Waals surface area contributed by atoms with Crippen LogP contribution in [0.2, 0.25) is 5.02 Å². The van der Waals surface area contributed by atoms with Gasteiger partial charge < -0.3 is 24.3 Å². The molecule has 7 heteroatoms. The van der Waals surface area contributed by atoms with Gasteiger partial charge in [-0.3, -0.25) is 4.79 Å². The molecule has 20 heavy (non-hydrogen) atoms. The van der Waals surface area contributed by atoms with E-state index in [0.29, 0.717) is 35.4 Å². The Balaban J connectivity index is 2.22. The van der Waals surface area contributed by atoms with Crippen molar-refractivity contribution >= 4 is 23.2 Å². The molecule has 0 aromatic heterocycles. The molecule has 0 atom stereocenters. The molecule has 1 aliphatic rings. The van der Waals surface area contributed by atoms with Crippen LogP contribution in [0.3, 0.4) is 0 Å². The number of halogens is 1. The van der Waals surface area contributed by atoms with Crippen molar-refractivity contribution in [3.63, 3.8) is 0 Å². The van der Waals surface area contributed by atoms with E-state index in [9.17, 15) is 4.79 Å². The van der Waals surface area contributed by atoms with E-state index in [-0.39, 0.29) is 5.76 Å². The summed E-state index contributed by atoms with van der Waals surface area (Å²) in [5.74, 6) is 0.546. The molecule has 0 fully saturated rings. The Morgan fingerprint density at radius 1 is 1.25 bits per heavy atom. The van der Waals surface area contributed by atoms with Gasteiger partial charge in [0.15, 0.2) is 0 Å². The van der Waals surface area contributed by atoms with Crippen LogP contribution in [0.1, 0.15) is 0 Å². The molecule has 1 heterocycles. The van der Waals surface area contributed by atoms with Gasteiger partial charge in [0.1, 0.15) is 31.0 Å². The number of carbonyl (C=O) groups excluding carboxylic acids is 1. The molecule has 1 aromatic rings. The predicted molar refractivity (Wildman–Crippen MR) is 73.2 cm³/mol. The Morgan fingerprint density at radius 2 is 2.00 bits per heavy atom. The summed E-state index contributed by atoms with van der Waals surface area (Å²) in [7, 11) is 2.98. The second-order valence-electron chi connectivity index (χ2n) is 3.84. The van der Waals surface area contributed by atoms with Gasteiger partial charge in [-0.25, -0.2) is 0 Å². The molecule has 1 N–H and O–H groups in total. The van der Waals surface area contributed by atoms with E-state index in [2.05, 4.69) is 5.32 Å². The number of anilines is 1. The Bertz CT molecular complexity index is 544. The van der Waals surface area contributed by atoms with Crippen molar-refractivity contribution in [2.45, 2.75) is 0 Å². The lowest BCUT2D eigenvalue weighted by Crippen LogP contribution is -2.21. The van der Waals surface area contributed by atoms with Crippen molar-refractivity contribution in [1.82, 2.24) is 0 Å². The van der Waals surface area contributed by atoms with E-state index in [4.69, 9.17) is 30.5 Å². The van der Waals surface area contributed by atoms with Gasteiger partial charge in [0.05, 0.1) is 24.9 Å². The monoisotopic (exact) mass is 299 g/mol. The first-order chi connectivity index (χ1) is 9.65. The lowest BCUT2D eigenvalue weighted by Gasteiger charge is -2.16. The second kappa shape index (κ2) is 6.38. The first-order valence-corrected chi connectivity index (χ1v) is 6.21. The first kappa shape index (κ1) is 14.3. The predicted octanol–water partition coefficient (Wildman–Crippen LogP) is 2.18. The summed E-state index contributed by atoms with van der Waals surface area (Å²) in [5.41, 5.74) is 0.415. The molecule has 108 valence electrons. The Morgan fingerprint density at radius 3 is 2.60 bits per heavy atom. The highest BCUT2D eigenvalue weighted by Crippen LogP contribution is 2.36. The SMILES string of the molecule is COc1cc(OC)c(NC(=O)C2=COCCO2)cc1Cl. The van der Waals surface area contributed by atoms with Crippen LogP contribution in [0.15, 0.2) is 24.2 Å². The van der Waals surface area contributed by atoms with Crippen molar-refractivity contribution in [1.29, 1.82) is 0 Å². The Kier molecular flexibility index (Phi) is 4.57. The van der Waals surface area contributed by atoms with Crippen LogP contribution in [0.25, 0.3) is 0 Å². The maximum absolute atomic E-state index is 12.0. The van der Waals surface area contributed by atoms with Crippen LogP contribution in [0, 0.1) is 0 Å². The van der Waals surface area contributed by atoms with Crippen molar-refractivity contribution in [2.24, 2.45) is 0 Å². The molecule has 1 amide bonds. The summed E-state index contributed by atoms with van der Waals surface area (Å²) in [6.45, 7) is 0.758. The number of hydrogen-bond donors (Lipinski definition) is 1. The van der Waals surface area contributed by atoms with Crippen LogP contribution in [0.5, 0.6) is 11.5 Å². The zero-order valence-electron chi connectivity index (χ0n) is 11.1. The van der Waals surface area contributed by atoms with Gasteiger partial charge in [-0.1, -0.05) is 11.6 Å². The summed E-state index contributed by atoms with van der Waals surface area (Å²) in [6.07, 6.45) is 1.27. The van der Waals surface area contributed by atoms with Crippen molar-refractivity contribution in [3.05, 3.63) is 29.2 Å². The fraction of sp³-hybridized carbons (Fsp3) is 0.308. The minimum Gasteiger partial charge on any atom is -0.495 e. The summed E-state index contributed by atoms with van der Waals surface area (Å²) in [5, 5.41) is 3.01. The third-order valence-corrected chi connectivity index (χ3v) is 2.89. The third-order valence-electron chi connectivity index (χ3n) is 2.60. The second-order valence-corrected chi connectivity index (χ2v) is 4.25. The lowest BCUT2D eigenvalue weighted by molar-refractivity contribution is -0.117. The number of ether oxygens (including phenoxy) is 4. The molecule has 0 radical (unpaired) electrons. The van der Waals surface area contributed by atoms with Crippen LogP contribution in [0.4, 0.5) is 5.69 Å². The van der Waals surface area contributed by atoms with Gasteiger partial charge in [0.25, 0.3) is 5.91 Å². The van der Waals surface area contributed by atoms with Crippen molar-refractivity contribution in [3.8, 4) is 11.5 Å². The summed E-state index contributed by atoms with van der Waals surface area (Å²) >= 11 is 6.03. The summed E-state index contributed by atoms with van der Waals surface area (Å²) < 4.78 is 20.5. The minimum absolute atomic E-state index is 0.102. The fourth-order valence-corrected chi connectivity index (χ4v) is 1.87. The molecular formula is C13H14ClNO5. The highest BCUT2D eigenvalue weighted by atomic mass is 35.5. The summed E-state index contributed by atoms with van der Waals surface area (Å²) in [6, 6.07) is 3.13. The normalized spacial score (nSPS) is 13.7. The molecular weight excluding hydrogens is 286 g/mol. The lowest BCUT2D eigenvalue weighted by atomic mass is 10.2. The first-order valence-electron chi connectivity index (χ1n) is 5.83. The number of hydrogen-bond acceptors (Lipinski definition) is 5. The number of nitrogens with one attached hydrogen (secondary N) is 1. The molecule has 0 saturated carbocycles. The van der Waals surface area contributed by atoms with Gasteiger partial charge in [0.2, 0.25) is 5.76 Å². The van der Waals surface area contributed by atoms with Crippen LogP contribution in [-0.4, -0.2) is 33.3 Å². The molecule has 1 aromatic carbocycles. The Hall–Kier alpha value is -2.08. The number of methoxy groups -OCH3 is 2. The molecule has 6 nitrogen and oxygen atoms in total. The zero-order valence-corrected chi connectivity index (χ0v) is 11.8. The quantitative estimate of drug-likeness (QED) is 0.923. The van der Waals surface area contributed by atoms with Gasteiger partial charge in [0, 0.05) is 6.07 Å². The van der Waals surface area contributed by atoms with Gasteiger partial charge in [-0.05, 0) is 6.07 Å². The minimum atomic E-state index is -0.441. The smallest absolute Gasteiger partial charge is 0.294 e. The number of amides is 1. The van der Waals surface area contributed by atoms with Crippen molar-refractivity contribution in [2.75, 3.05) is 32.8 Å². The van der Waals surface area contributed by atoms with Gasteiger partial charge in [-0.15, -0.1) is 0 Å². The largest absolute Gasteiger partial charge is 0.495 e. The van der Waals surface area contributed by atoms with Gasteiger partial charge in [-0.2, -0.15) is 0 Å². The summed E-state index contributed by atoms with van der Waals surface area (Å²) in [4.78, 5) is 12.0. The number of rotatable bonds is 4. The zero-order chi connectivity index (χ0) is 14.5. The van der Waals surface area contributed by atoms with Crippen molar-refractivity contribution < 1.29 is 23.7 Å². The topological polar surface area (TPSA) is 66.0 Å². The molecule has 0 spiro atoms. The van der Waals surface area contributed by atoms with E-state index >= 15 is 0 Å². The fourth-order valence-electron chi connectivity index (χ4n) is 1.63. The van der Waals surface area contributed by atoms with Crippen LogP contribution in [-0.2, 0) is 14.3 Å². The standard InChI is InChI=1S/C13H14ClNO5/c1-17-10-6-11(18-2)9(5-8(10)14)15-13(16)12-7-19-3-4-20-12/h5-7H,3-4H2,1-2H3,(H,15,16). The van der Waals surface area contributed by atoms with Crippen LogP contribution >= 0.6 is 11.6 Å². The van der Waals surface area contributed by atoms with E-state index in [1.807, 2.05) is 0 Å². The van der Waals surface area contributed by atoms with Crippen LogP contribution < -0.4 is 14.8 Å². The average Bonchev–Trinajstić information content (AvgIpc) is 2.48. The Labute approximate surface area is 121 Å². The average molecular weight is 300 g/mol. The van der Waals surface area contributed by atoms with E-state index < -0.39 is 5.91 Å². The molecule has 0 aliphatic carbocycles. The molecule has 0 unspecified atom stereocenters. The van der Waals surface area contributed by atoms with E-state index in [0.717, 1.165) is 0 Å². The molecule has 0 bridgehead atoms. The van der Waals surface area contributed by atoms with Gasteiger partial charge >= 0.3 is 0 Å². The molecule has 1 aliphatic heterocycles. The highest BCUT2D eigenvalue weighted by molar-refractivity contribution is 6.32. The number of carbonyl (C=O) groups is 1. The third kappa shape index (κ3) is 3.08. The molecule has 0 saturated heterocycles. The molecule has 2 rings (SSSR count). The maximum Gasteiger partial charge on any atom is 0.294 e. The highest BCUT2D eigenvalue weighted by Gasteiger charge is 2.18. The maximum atomic E-state index is 12.0. The number of benzene rings is 1. The van der Waals surface area contributed by atoms with E-state index in [1.54, 1.807) is 12.1 Å². The van der Waals surface area contributed by atoms with E-state index in [1.165, 1.54) is 20.5 Å².